The van der Waals surface area contributed by atoms with Gasteiger partial charge in [-0.3, -0.25) is 4.90 Å². The molecule has 0 radical (unpaired) electrons. The van der Waals surface area contributed by atoms with Crippen molar-refractivity contribution in [2.24, 2.45) is 0 Å². The van der Waals surface area contributed by atoms with Gasteiger partial charge in [0, 0.05) is 6.54 Å². The highest BCUT2D eigenvalue weighted by molar-refractivity contribution is 5.95. The van der Waals surface area contributed by atoms with Gasteiger partial charge in [0.15, 0.2) is 0 Å². The first-order chi connectivity index (χ1) is 10.6. The first kappa shape index (κ1) is 14.2. The number of para-hydroxylation sites is 1. The van der Waals surface area contributed by atoms with Crippen molar-refractivity contribution in [1.29, 1.82) is 0 Å². The summed E-state index contributed by atoms with van der Waals surface area (Å²) >= 11 is 0. The fourth-order valence-electron chi connectivity index (χ4n) is 2.38. The molecule has 0 fully saturated rings. The standard InChI is InChI=1S/C16H16N2O4/c1-11-8-13(10-22-11)15(19)21-7-6-18-14-5-3-2-4-12(14)9-17-16(18)20/h2-5,8,10H,6-7,9H2,1H3,(H,17,20). The number of nitrogens with one attached hydrogen (secondary N) is 1. The number of urea groups is 1. The minimum atomic E-state index is -0.456. The number of ether oxygens (including phenoxy) is 1. The molecule has 0 atom stereocenters. The zero-order chi connectivity index (χ0) is 15.5. The largest absolute Gasteiger partial charge is 0.469 e. The number of anilines is 1. The van der Waals surface area contributed by atoms with Crippen LogP contribution in [0.5, 0.6) is 0 Å². The van der Waals surface area contributed by atoms with Gasteiger partial charge in [0.1, 0.15) is 18.6 Å². The Morgan fingerprint density at radius 3 is 3.00 bits per heavy atom. The Morgan fingerprint density at radius 1 is 1.41 bits per heavy atom. The van der Waals surface area contributed by atoms with Crippen molar-refractivity contribution >= 4 is 17.7 Å². The summed E-state index contributed by atoms with van der Waals surface area (Å²) in [5, 5.41) is 2.79. The summed E-state index contributed by atoms with van der Waals surface area (Å²) in [5.41, 5.74) is 2.27. The van der Waals surface area contributed by atoms with Gasteiger partial charge < -0.3 is 14.5 Å². The maximum absolute atomic E-state index is 12.0. The molecule has 6 heteroatoms. The van der Waals surface area contributed by atoms with E-state index in [9.17, 15) is 9.59 Å². The van der Waals surface area contributed by atoms with E-state index in [-0.39, 0.29) is 12.6 Å². The Balaban J connectivity index is 1.62. The SMILES string of the molecule is Cc1cc(C(=O)OCCN2C(=O)NCc3ccccc32)co1. The molecule has 114 valence electrons. The normalized spacial score (nSPS) is 13.5. The number of carbonyl (C=O) groups excluding carboxylic acids is 2. The zero-order valence-corrected chi connectivity index (χ0v) is 12.2. The molecule has 22 heavy (non-hydrogen) atoms. The van der Waals surface area contributed by atoms with Crippen molar-refractivity contribution in [3.8, 4) is 0 Å². The molecular weight excluding hydrogens is 284 g/mol. The molecule has 0 unspecified atom stereocenters. The molecule has 1 aliphatic rings. The minimum Gasteiger partial charge on any atom is -0.469 e. The van der Waals surface area contributed by atoms with Crippen LogP contribution in [-0.2, 0) is 11.3 Å². The third kappa shape index (κ3) is 2.81. The van der Waals surface area contributed by atoms with E-state index in [1.807, 2.05) is 24.3 Å². The second-order valence-electron chi connectivity index (χ2n) is 5.02. The number of amides is 2. The van der Waals surface area contributed by atoms with Crippen LogP contribution in [-0.4, -0.2) is 25.2 Å². The molecule has 2 aromatic rings. The summed E-state index contributed by atoms with van der Waals surface area (Å²) in [7, 11) is 0. The Morgan fingerprint density at radius 2 is 2.23 bits per heavy atom. The number of aryl methyl sites for hydroxylation is 1. The molecule has 3 rings (SSSR count). The van der Waals surface area contributed by atoms with E-state index >= 15 is 0 Å². The smallest absolute Gasteiger partial charge is 0.341 e. The van der Waals surface area contributed by atoms with E-state index in [1.54, 1.807) is 17.9 Å². The highest BCUT2D eigenvalue weighted by atomic mass is 16.5. The molecule has 1 aliphatic heterocycles. The third-order valence-corrected chi connectivity index (χ3v) is 3.47. The lowest BCUT2D eigenvalue weighted by Crippen LogP contribution is -2.45. The van der Waals surface area contributed by atoms with Crippen LogP contribution < -0.4 is 10.2 Å². The van der Waals surface area contributed by atoms with Crippen LogP contribution in [0.3, 0.4) is 0 Å². The topological polar surface area (TPSA) is 71.8 Å². The Hall–Kier alpha value is -2.76. The first-order valence-corrected chi connectivity index (χ1v) is 7.00. The first-order valence-electron chi connectivity index (χ1n) is 7.00. The number of fused-ring (bicyclic) bond motifs is 1. The number of nitrogens with zero attached hydrogens (tertiary/aromatic N) is 1. The van der Waals surface area contributed by atoms with Gasteiger partial charge in [0.25, 0.3) is 0 Å². The van der Waals surface area contributed by atoms with Crippen LogP contribution >= 0.6 is 0 Å². The Kier molecular flexibility index (Phi) is 3.82. The molecule has 0 bridgehead atoms. The molecule has 0 saturated carbocycles. The van der Waals surface area contributed by atoms with Crippen molar-refractivity contribution in [3.05, 3.63) is 53.5 Å². The van der Waals surface area contributed by atoms with E-state index in [0.29, 0.717) is 24.4 Å². The van der Waals surface area contributed by atoms with Gasteiger partial charge in [-0.2, -0.15) is 0 Å². The average Bonchev–Trinajstić information content (AvgIpc) is 2.96. The van der Waals surface area contributed by atoms with Gasteiger partial charge in [-0.1, -0.05) is 18.2 Å². The number of esters is 1. The van der Waals surface area contributed by atoms with E-state index < -0.39 is 5.97 Å². The summed E-state index contributed by atoms with van der Waals surface area (Å²) < 4.78 is 10.3. The Bertz CT molecular complexity index is 708. The highest BCUT2D eigenvalue weighted by Crippen LogP contribution is 2.23. The summed E-state index contributed by atoms with van der Waals surface area (Å²) in [6, 6.07) is 9.08. The van der Waals surface area contributed by atoms with Gasteiger partial charge in [-0.15, -0.1) is 0 Å². The van der Waals surface area contributed by atoms with Gasteiger partial charge >= 0.3 is 12.0 Å². The molecule has 1 N–H and O–H groups in total. The maximum atomic E-state index is 12.0. The van der Waals surface area contributed by atoms with Gasteiger partial charge in [-0.25, -0.2) is 9.59 Å². The van der Waals surface area contributed by atoms with Crippen molar-refractivity contribution in [2.45, 2.75) is 13.5 Å². The number of hydrogen-bond acceptors (Lipinski definition) is 4. The van der Waals surface area contributed by atoms with E-state index in [1.165, 1.54) is 6.26 Å². The van der Waals surface area contributed by atoms with Crippen LogP contribution in [0.4, 0.5) is 10.5 Å². The lowest BCUT2D eigenvalue weighted by atomic mass is 10.1. The lowest BCUT2D eigenvalue weighted by molar-refractivity contribution is 0.0515. The van der Waals surface area contributed by atoms with Crippen LogP contribution in [0.15, 0.2) is 41.0 Å². The van der Waals surface area contributed by atoms with E-state index in [2.05, 4.69) is 5.32 Å². The van der Waals surface area contributed by atoms with Crippen LogP contribution in [0.25, 0.3) is 0 Å². The molecule has 2 heterocycles. The lowest BCUT2D eigenvalue weighted by Gasteiger charge is -2.29. The van der Waals surface area contributed by atoms with Crippen molar-refractivity contribution in [3.63, 3.8) is 0 Å². The molecule has 2 amide bonds. The zero-order valence-electron chi connectivity index (χ0n) is 12.2. The van der Waals surface area contributed by atoms with Gasteiger partial charge in [0.2, 0.25) is 0 Å². The molecule has 1 aromatic carbocycles. The van der Waals surface area contributed by atoms with E-state index in [0.717, 1.165) is 11.3 Å². The number of rotatable bonds is 4. The Labute approximate surface area is 127 Å². The van der Waals surface area contributed by atoms with Crippen LogP contribution in [0.1, 0.15) is 21.7 Å². The van der Waals surface area contributed by atoms with E-state index in [4.69, 9.17) is 9.15 Å². The summed E-state index contributed by atoms with van der Waals surface area (Å²) in [6.07, 6.45) is 1.36. The summed E-state index contributed by atoms with van der Waals surface area (Å²) in [5.74, 6) is 0.193. The monoisotopic (exact) mass is 300 g/mol. The number of furan rings is 1. The second kappa shape index (κ2) is 5.93. The number of carbonyl (C=O) groups is 2. The molecule has 0 spiro atoms. The van der Waals surface area contributed by atoms with Gasteiger partial charge in [-0.05, 0) is 24.6 Å². The minimum absolute atomic E-state index is 0.116. The second-order valence-corrected chi connectivity index (χ2v) is 5.02. The molecule has 1 aromatic heterocycles. The average molecular weight is 300 g/mol. The fraction of sp³-hybridized carbons (Fsp3) is 0.250. The predicted molar refractivity (Wildman–Crippen MR) is 79.8 cm³/mol. The number of benzene rings is 1. The quantitative estimate of drug-likeness (QED) is 0.880. The highest BCUT2D eigenvalue weighted by Gasteiger charge is 2.23. The molecule has 0 saturated heterocycles. The molecule has 6 nitrogen and oxygen atoms in total. The summed E-state index contributed by atoms with van der Waals surface area (Å²) in [6.45, 7) is 2.68. The van der Waals surface area contributed by atoms with Crippen molar-refractivity contribution in [1.82, 2.24) is 5.32 Å². The van der Waals surface area contributed by atoms with Crippen LogP contribution in [0, 0.1) is 6.92 Å². The molecular formula is C16H16N2O4. The number of hydrogen-bond donors (Lipinski definition) is 1. The maximum Gasteiger partial charge on any atom is 0.341 e. The van der Waals surface area contributed by atoms with Crippen molar-refractivity contribution < 1.29 is 18.7 Å². The van der Waals surface area contributed by atoms with Crippen molar-refractivity contribution in [2.75, 3.05) is 18.1 Å². The van der Waals surface area contributed by atoms with Gasteiger partial charge in [0.05, 0.1) is 17.8 Å². The molecule has 0 aliphatic carbocycles. The van der Waals surface area contributed by atoms with Crippen LogP contribution in [0.2, 0.25) is 0 Å². The third-order valence-electron chi connectivity index (χ3n) is 3.47. The summed E-state index contributed by atoms with van der Waals surface area (Å²) in [4.78, 5) is 25.4. The predicted octanol–water partition coefficient (Wildman–Crippen LogP) is 2.47. The fourth-order valence-corrected chi connectivity index (χ4v) is 2.38.